The molecule has 0 aliphatic rings. The number of nitrogens with zero attached hydrogens (tertiary/aromatic N) is 6. The van der Waals surface area contributed by atoms with Gasteiger partial charge in [0.15, 0.2) is 5.00 Å². The molecule has 1 aromatic carbocycles. The highest BCUT2D eigenvalue weighted by molar-refractivity contribution is 7.16. The Bertz CT molecular complexity index is 1120. The summed E-state index contributed by atoms with van der Waals surface area (Å²) >= 11 is 1.18. The summed E-state index contributed by atoms with van der Waals surface area (Å²) in [7, 11) is 4.04. The van der Waals surface area contributed by atoms with Gasteiger partial charge >= 0.3 is 0 Å². The summed E-state index contributed by atoms with van der Waals surface area (Å²) in [4.78, 5) is 4.81. The molecule has 0 aliphatic carbocycles. The Morgan fingerprint density at radius 3 is 1.92 bits per heavy atom. The fraction of sp³-hybridized carbons (Fsp3) is 0.571. The van der Waals surface area contributed by atoms with Crippen molar-refractivity contribution < 1.29 is 18.9 Å². The largest absolute Gasteiger partial charge is 0.378 e. The molecule has 0 bridgehead atoms. The Hall–Kier alpha value is -2.90. The summed E-state index contributed by atoms with van der Waals surface area (Å²) in [5, 5.41) is 27.7. The number of thiophene rings is 1. The molecule has 0 spiro atoms. The highest BCUT2D eigenvalue weighted by Crippen LogP contribution is 2.36. The van der Waals surface area contributed by atoms with Crippen LogP contribution in [-0.2, 0) is 18.9 Å². The standard InChI is InChI=1S/C28H40N6O4S/c1-6-34(10-12-36-14-16-38-18-17-37-15-13-35-11-9-33(4)5)24-7-8-26(22(2)19-24)31-32-28-25(20-29)23(3)27(21-30)39-28/h7-8,19H,6,9-18H2,1-5H3. The lowest BCUT2D eigenvalue weighted by Gasteiger charge is -2.23. The van der Waals surface area contributed by atoms with Crippen LogP contribution in [0.5, 0.6) is 0 Å². The number of benzene rings is 1. The maximum Gasteiger partial charge on any atom is 0.158 e. The smallest absolute Gasteiger partial charge is 0.158 e. The first-order valence-electron chi connectivity index (χ1n) is 13.1. The molecule has 10 nitrogen and oxygen atoms in total. The number of nitriles is 2. The van der Waals surface area contributed by atoms with Crippen molar-refractivity contribution in [3.8, 4) is 12.1 Å². The summed E-state index contributed by atoms with van der Waals surface area (Å²) < 4.78 is 22.3. The van der Waals surface area contributed by atoms with E-state index in [2.05, 4.69) is 45.2 Å². The Balaban J connectivity index is 1.68. The number of likely N-dealkylation sites (N-methyl/N-ethyl adjacent to an activating group) is 2. The van der Waals surface area contributed by atoms with Crippen molar-refractivity contribution in [3.63, 3.8) is 0 Å². The van der Waals surface area contributed by atoms with Gasteiger partial charge in [0.05, 0.1) is 64.1 Å². The maximum absolute atomic E-state index is 9.40. The molecule has 11 heteroatoms. The molecule has 0 saturated heterocycles. The summed E-state index contributed by atoms with van der Waals surface area (Å²) in [5.41, 5.74) is 3.83. The maximum atomic E-state index is 9.40. The van der Waals surface area contributed by atoms with Crippen molar-refractivity contribution in [2.75, 3.05) is 91.5 Å². The van der Waals surface area contributed by atoms with Gasteiger partial charge < -0.3 is 28.7 Å². The molecular formula is C28H40N6O4S. The van der Waals surface area contributed by atoms with Gasteiger partial charge in [0.1, 0.15) is 17.0 Å². The first-order valence-corrected chi connectivity index (χ1v) is 13.9. The van der Waals surface area contributed by atoms with E-state index < -0.39 is 0 Å². The zero-order chi connectivity index (χ0) is 28.5. The van der Waals surface area contributed by atoms with Gasteiger partial charge in [0, 0.05) is 25.3 Å². The van der Waals surface area contributed by atoms with E-state index in [1.165, 1.54) is 11.3 Å². The lowest BCUT2D eigenvalue weighted by molar-refractivity contribution is -0.00224. The first kappa shape index (κ1) is 32.3. The van der Waals surface area contributed by atoms with Crippen LogP contribution in [0.15, 0.2) is 28.4 Å². The molecule has 212 valence electrons. The van der Waals surface area contributed by atoms with E-state index >= 15 is 0 Å². The Labute approximate surface area is 236 Å². The van der Waals surface area contributed by atoms with Crippen molar-refractivity contribution in [2.45, 2.75) is 20.8 Å². The van der Waals surface area contributed by atoms with Crippen LogP contribution in [0.2, 0.25) is 0 Å². The van der Waals surface area contributed by atoms with E-state index in [4.69, 9.17) is 18.9 Å². The lowest BCUT2D eigenvalue weighted by Crippen LogP contribution is -2.27. The van der Waals surface area contributed by atoms with Gasteiger partial charge in [-0.3, -0.25) is 0 Å². The topological polar surface area (TPSA) is 116 Å². The SMILES string of the molecule is CCN(CCOCCOCCOCCOCCN(C)C)c1ccc(N=Nc2sc(C#N)c(C)c2C#N)c(C)c1. The van der Waals surface area contributed by atoms with Gasteiger partial charge in [0.2, 0.25) is 0 Å². The zero-order valence-corrected chi connectivity index (χ0v) is 24.6. The molecule has 0 unspecified atom stereocenters. The molecule has 1 heterocycles. The number of anilines is 1. The molecule has 0 radical (unpaired) electrons. The average molecular weight is 557 g/mol. The molecule has 39 heavy (non-hydrogen) atoms. The minimum Gasteiger partial charge on any atom is -0.378 e. The van der Waals surface area contributed by atoms with E-state index in [0.717, 1.165) is 36.6 Å². The fourth-order valence-corrected chi connectivity index (χ4v) is 4.38. The number of hydrogen-bond acceptors (Lipinski definition) is 11. The molecule has 0 amide bonds. The minimum absolute atomic E-state index is 0.405. The van der Waals surface area contributed by atoms with Gasteiger partial charge in [0.25, 0.3) is 0 Å². The van der Waals surface area contributed by atoms with E-state index in [0.29, 0.717) is 73.9 Å². The third-order valence-corrected chi connectivity index (χ3v) is 6.90. The van der Waals surface area contributed by atoms with Crippen molar-refractivity contribution in [3.05, 3.63) is 39.8 Å². The van der Waals surface area contributed by atoms with Gasteiger partial charge in [-0.05, 0) is 64.2 Å². The first-order chi connectivity index (χ1) is 18.9. The summed E-state index contributed by atoms with van der Waals surface area (Å²) in [6.45, 7) is 13.0. The Kier molecular flexibility index (Phi) is 15.2. The van der Waals surface area contributed by atoms with Crippen LogP contribution in [0.25, 0.3) is 0 Å². The predicted molar refractivity (Wildman–Crippen MR) is 154 cm³/mol. The Morgan fingerprint density at radius 2 is 1.41 bits per heavy atom. The van der Waals surface area contributed by atoms with Crippen LogP contribution >= 0.6 is 11.3 Å². The minimum atomic E-state index is 0.405. The predicted octanol–water partition coefficient (Wildman–Crippen LogP) is 4.98. The molecule has 0 atom stereocenters. The van der Waals surface area contributed by atoms with Crippen LogP contribution in [0.3, 0.4) is 0 Å². The van der Waals surface area contributed by atoms with E-state index in [-0.39, 0.29) is 0 Å². The van der Waals surface area contributed by atoms with Crippen LogP contribution < -0.4 is 4.90 Å². The molecule has 0 aliphatic heterocycles. The summed E-state index contributed by atoms with van der Waals surface area (Å²) in [6, 6.07) is 10.2. The molecule has 2 rings (SSSR count). The lowest BCUT2D eigenvalue weighted by atomic mass is 10.1. The second kappa shape index (κ2) is 18.4. The van der Waals surface area contributed by atoms with Crippen molar-refractivity contribution in [1.82, 2.24) is 4.90 Å². The number of aryl methyl sites for hydroxylation is 1. The second-order valence-corrected chi connectivity index (χ2v) is 9.96. The van der Waals surface area contributed by atoms with Crippen molar-refractivity contribution in [1.29, 1.82) is 10.5 Å². The molecular weight excluding hydrogens is 516 g/mol. The molecule has 0 fully saturated rings. The quantitative estimate of drug-likeness (QED) is 0.176. The van der Waals surface area contributed by atoms with E-state index in [1.54, 1.807) is 6.92 Å². The molecule has 1 aromatic heterocycles. The second-order valence-electron chi connectivity index (χ2n) is 8.96. The van der Waals surface area contributed by atoms with Crippen LogP contribution in [-0.4, -0.2) is 91.5 Å². The monoisotopic (exact) mass is 556 g/mol. The Morgan fingerprint density at radius 1 is 0.821 bits per heavy atom. The number of rotatable bonds is 19. The van der Waals surface area contributed by atoms with Gasteiger partial charge in [-0.15, -0.1) is 21.6 Å². The van der Waals surface area contributed by atoms with Gasteiger partial charge in [-0.1, -0.05) is 0 Å². The van der Waals surface area contributed by atoms with Crippen molar-refractivity contribution >= 4 is 27.7 Å². The number of hydrogen-bond donors (Lipinski definition) is 0. The van der Waals surface area contributed by atoms with Gasteiger partial charge in [-0.25, -0.2) is 0 Å². The van der Waals surface area contributed by atoms with Crippen LogP contribution in [0.4, 0.5) is 16.4 Å². The summed E-state index contributed by atoms with van der Waals surface area (Å²) in [5.74, 6) is 0. The number of azo groups is 1. The molecule has 2 aromatic rings. The van der Waals surface area contributed by atoms with Crippen molar-refractivity contribution in [2.24, 2.45) is 10.2 Å². The zero-order valence-electron chi connectivity index (χ0n) is 23.7. The average Bonchev–Trinajstić information content (AvgIpc) is 3.24. The van der Waals surface area contributed by atoms with E-state index in [9.17, 15) is 10.5 Å². The third-order valence-electron chi connectivity index (χ3n) is 5.82. The molecule has 0 N–H and O–H groups in total. The molecule has 0 saturated carbocycles. The highest BCUT2D eigenvalue weighted by atomic mass is 32.1. The normalized spacial score (nSPS) is 11.3. The summed E-state index contributed by atoms with van der Waals surface area (Å²) in [6.07, 6.45) is 0. The number of ether oxygens (including phenoxy) is 4. The fourth-order valence-electron chi connectivity index (χ4n) is 3.51. The van der Waals surface area contributed by atoms with Gasteiger partial charge in [-0.2, -0.15) is 10.5 Å². The van der Waals surface area contributed by atoms with Crippen LogP contribution in [0, 0.1) is 36.5 Å². The highest BCUT2D eigenvalue weighted by Gasteiger charge is 2.14. The van der Waals surface area contributed by atoms with Crippen LogP contribution in [0.1, 0.15) is 28.5 Å². The third kappa shape index (κ3) is 11.4. The van der Waals surface area contributed by atoms with E-state index in [1.807, 2.05) is 33.2 Å².